The molecule has 2 amide bonds. The van der Waals surface area contributed by atoms with Crippen molar-refractivity contribution in [1.82, 2.24) is 14.8 Å². The first-order chi connectivity index (χ1) is 11.9. The lowest BCUT2D eigenvalue weighted by atomic mass is 9.95. The van der Waals surface area contributed by atoms with Gasteiger partial charge in [-0.3, -0.25) is 9.59 Å². The first kappa shape index (κ1) is 16.7. The maximum absolute atomic E-state index is 12.9. The van der Waals surface area contributed by atoms with Crippen LogP contribution in [0.3, 0.4) is 0 Å². The summed E-state index contributed by atoms with van der Waals surface area (Å²) in [7, 11) is 0. The van der Waals surface area contributed by atoms with Gasteiger partial charge in [-0.15, -0.1) is 0 Å². The van der Waals surface area contributed by atoms with Crippen LogP contribution in [-0.4, -0.2) is 51.8 Å². The van der Waals surface area contributed by atoms with E-state index in [-0.39, 0.29) is 17.4 Å². The predicted octanol–water partition coefficient (Wildman–Crippen LogP) is 3.70. The molecule has 7 heteroatoms. The molecule has 0 radical (unpaired) electrons. The highest BCUT2D eigenvalue weighted by Crippen LogP contribution is 2.38. The highest BCUT2D eigenvalue weighted by Gasteiger charge is 2.48. The molecule has 1 N–H and O–H groups in total. The fourth-order valence-electron chi connectivity index (χ4n) is 4.31. The molecule has 2 saturated heterocycles. The average molecular weight is 380 g/mol. The Labute approximate surface area is 155 Å². The van der Waals surface area contributed by atoms with E-state index in [2.05, 4.69) is 4.98 Å². The van der Waals surface area contributed by atoms with E-state index in [0.717, 1.165) is 36.7 Å². The van der Waals surface area contributed by atoms with Crippen LogP contribution >= 0.6 is 23.2 Å². The fraction of sp³-hybridized carbons (Fsp3) is 0.444. The van der Waals surface area contributed by atoms with E-state index in [1.165, 1.54) is 0 Å². The third-order valence-corrected chi connectivity index (χ3v) is 6.34. The lowest BCUT2D eigenvalue weighted by Gasteiger charge is -2.34. The predicted molar refractivity (Wildman–Crippen MR) is 98.2 cm³/mol. The lowest BCUT2D eigenvalue weighted by molar-refractivity contribution is -0.132. The number of H-pyrrole nitrogens is 1. The summed E-state index contributed by atoms with van der Waals surface area (Å²) in [6, 6.07) is 5.29. The summed E-state index contributed by atoms with van der Waals surface area (Å²) < 4.78 is 0. The van der Waals surface area contributed by atoms with Crippen LogP contribution in [0.25, 0.3) is 10.9 Å². The monoisotopic (exact) mass is 379 g/mol. The number of nitrogens with zero attached hydrogens (tertiary/aromatic N) is 2. The van der Waals surface area contributed by atoms with Crippen molar-refractivity contribution in [2.75, 3.05) is 19.6 Å². The molecule has 1 spiro atoms. The minimum absolute atomic E-state index is 0.0596. The molecule has 2 aromatic rings. The number of aromatic amines is 1. The minimum Gasteiger partial charge on any atom is -0.350 e. The van der Waals surface area contributed by atoms with Crippen molar-refractivity contribution in [1.29, 1.82) is 0 Å². The molecule has 1 atom stereocenters. The van der Waals surface area contributed by atoms with E-state index in [0.29, 0.717) is 28.8 Å². The zero-order chi connectivity index (χ0) is 17.8. The lowest BCUT2D eigenvalue weighted by Crippen LogP contribution is -2.48. The summed E-state index contributed by atoms with van der Waals surface area (Å²) in [6.45, 7) is 3.65. The third-order valence-electron chi connectivity index (χ3n) is 5.52. The molecular weight excluding hydrogens is 361 g/mol. The summed E-state index contributed by atoms with van der Waals surface area (Å²) in [4.78, 5) is 31.8. The van der Waals surface area contributed by atoms with Crippen molar-refractivity contribution in [2.24, 2.45) is 0 Å². The van der Waals surface area contributed by atoms with E-state index >= 15 is 0 Å². The first-order valence-electron chi connectivity index (χ1n) is 8.45. The number of benzene rings is 1. The molecule has 132 valence electrons. The summed E-state index contributed by atoms with van der Waals surface area (Å²) in [5, 5.41) is 1.67. The largest absolute Gasteiger partial charge is 0.350 e. The van der Waals surface area contributed by atoms with Crippen LogP contribution in [0.15, 0.2) is 18.2 Å². The molecule has 2 fully saturated rings. The van der Waals surface area contributed by atoms with Crippen LogP contribution < -0.4 is 0 Å². The minimum atomic E-state index is -0.186. The van der Waals surface area contributed by atoms with Gasteiger partial charge in [-0.25, -0.2) is 0 Å². The first-order valence-corrected chi connectivity index (χ1v) is 9.21. The van der Waals surface area contributed by atoms with Crippen LogP contribution in [0.1, 0.15) is 36.7 Å². The van der Waals surface area contributed by atoms with Crippen LogP contribution in [0.2, 0.25) is 10.0 Å². The number of likely N-dealkylation sites (tertiary alicyclic amines) is 2. The summed E-state index contributed by atoms with van der Waals surface area (Å²) in [5.41, 5.74) is 1.11. The average Bonchev–Trinajstić information content (AvgIpc) is 3.29. The molecule has 3 heterocycles. The number of carbonyl (C=O) groups excluding carboxylic acids is 2. The maximum Gasteiger partial charge on any atom is 0.270 e. The molecule has 1 unspecified atom stereocenters. The normalized spacial score (nSPS) is 23.2. The number of hydrogen-bond acceptors (Lipinski definition) is 2. The number of rotatable bonds is 1. The topological polar surface area (TPSA) is 56.4 Å². The van der Waals surface area contributed by atoms with Crippen molar-refractivity contribution in [2.45, 2.75) is 31.7 Å². The molecule has 25 heavy (non-hydrogen) atoms. The van der Waals surface area contributed by atoms with Gasteiger partial charge in [0.15, 0.2) is 0 Å². The summed E-state index contributed by atoms with van der Waals surface area (Å²) in [6.07, 6.45) is 2.80. The van der Waals surface area contributed by atoms with Crippen LogP contribution in [0.4, 0.5) is 0 Å². The second-order valence-electron chi connectivity index (χ2n) is 6.98. The van der Waals surface area contributed by atoms with Crippen molar-refractivity contribution in [3.8, 4) is 0 Å². The highest BCUT2D eigenvalue weighted by atomic mass is 35.5. The van der Waals surface area contributed by atoms with Gasteiger partial charge in [-0.2, -0.15) is 0 Å². The van der Waals surface area contributed by atoms with E-state index in [4.69, 9.17) is 23.2 Å². The smallest absolute Gasteiger partial charge is 0.270 e. The Morgan fingerprint density at radius 2 is 2.00 bits per heavy atom. The van der Waals surface area contributed by atoms with Gasteiger partial charge in [0.1, 0.15) is 5.69 Å². The Bertz CT molecular complexity index is 879. The molecule has 5 nitrogen and oxygen atoms in total. The van der Waals surface area contributed by atoms with E-state index < -0.39 is 0 Å². The molecule has 4 rings (SSSR count). The maximum atomic E-state index is 12.9. The number of nitrogens with one attached hydrogen (secondary N) is 1. The Morgan fingerprint density at radius 1 is 1.20 bits per heavy atom. The zero-order valence-electron chi connectivity index (χ0n) is 13.9. The summed E-state index contributed by atoms with van der Waals surface area (Å²) >= 11 is 12.3. The second-order valence-corrected chi connectivity index (χ2v) is 7.77. The number of halogens is 2. The molecule has 2 aliphatic rings. The van der Waals surface area contributed by atoms with Gasteiger partial charge in [0, 0.05) is 37.5 Å². The van der Waals surface area contributed by atoms with Gasteiger partial charge >= 0.3 is 0 Å². The number of amides is 2. The second kappa shape index (κ2) is 5.92. The van der Waals surface area contributed by atoms with Gasteiger partial charge in [0.2, 0.25) is 5.91 Å². The molecule has 0 aliphatic carbocycles. The van der Waals surface area contributed by atoms with Gasteiger partial charge < -0.3 is 14.8 Å². The quantitative estimate of drug-likeness (QED) is 0.820. The van der Waals surface area contributed by atoms with Crippen molar-refractivity contribution >= 4 is 45.9 Å². The van der Waals surface area contributed by atoms with Crippen molar-refractivity contribution < 1.29 is 9.59 Å². The van der Waals surface area contributed by atoms with Gasteiger partial charge in [0.25, 0.3) is 5.91 Å². The summed E-state index contributed by atoms with van der Waals surface area (Å²) in [5.74, 6) is 0.0366. The van der Waals surface area contributed by atoms with Gasteiger partial charge in [-0.05, 0) is 37.5 Å². The molecule has 1 aromatic heterocycles. The Hall–Kier alpha value is -1.72. The standard InChI is InChI=1S/C18H19Cl2N3O2/c1-11(24)23-7-2-5-18(23)6-8-22(10-18)17(25)15-9-12-14(21-15)4-3-13(19)16(12)20/h3-4,9,21H,2,5-8,10H2,1H3. The SMILES string of the molecule is CC(=O)N1CCCC12CCN(C(=O)c1cc3c(Cl)c(Cl)ccc3[nH]1)C2. The van der Waals surface area contributed by atoms with Crippen LogP contribution in [0.5, 0.6) is 0 Å². The molecule has 2 aliphatic heterocycles. The Kier molecular flexibility index (Phi) is 3.96. The zero-order valence-corrected chi connectivity index (χ0v) is 15.5. The van der Waals surface area contributed by atoms with E-state index in [9.17, 15) is 9.59 Å². The highest BCUT2D eigenvalue weighted by molar-refractivity contribution is 6.45. The van der Waals surface area contributed by atoms with E-state index in [1.807, 2.05) is 15.9 Å². The van der Waals surface area contributed by atoms with Crippen LogP contribution in [-0.2, 0) is 4.79 Å². The van der Waals surface area contributed by atoms with Gasteiger partial charge in [0.05, 0.1) is 15.6 Å². The Balaban J connectivity index is 1.60. The number of aromatic nitrogens is 1. The number of hydrogen-bond donors (Lipinski definition) is 1. The molecule has 0 saturated carbocycles. The fourth-order valence-corrected chi connectivity index (χ4v) is 4.70. The van der Waals surface area contributed by atoms with Gasteiger partial charge in [-0.1, -0.05) is 23.2 Å². The van der Waals surface area contributed by atoms with Crippen LogP contribution in [0, 0.1) is 0 Å². The third kappa shape index (κ3) is 2.61. The van der Waals surface area contributed by atoms with Crippen molar-refractivity contribution in [3.05, 3.63) is 33.9 Å². The Morgan fingerprint density at radius 3 is 2.76 bits per heavy atom. The molecule has 1 aromatic carbocycles. The van der Waals surface area contributed by atoms with Crippen molar-refractivity contribution in [3.63, 3.8) is 0 Å². The van der Waals surface area contributed by atoms with E-state index in [1.54, 1.807) is 19.1 Å². The molecular formula is C18H19Cl2N3O2. The number of carbonyl (C=O) groups is 2. The molecule has 0 bridgehead atoms. The number of fused-ring (bicyclic) bond motifs is 1.